The maximum atomic E-state index is 15.9. The zero-order chi connectivity index (χ0) is 39.6. The minimum Gasteiger partial charge on any atom is -0.467 e. The molecule has 0 radical (unpaired) electrons. The standard InChI is InChI=1S/C21H14F5N5OS.C9H12N2O2.C7H12FN/c1-3-29-19-9-6-11(21(24,25)26)14(15(23)16(9)30-20(31-19)32-2)8-4-5-12(22)17-13(8)10(7-27)18(28)33-17;1-7-6-8(10-13-7)9(12)11-4-2-3-5-11;8-6-4-7-2-1-3-9(7)5-6/h4-6H,3,28H2,1-2H3,(H,29,30,31);6H,2-5H2,1H3;6-7H,1-5H2. The molecule has 3 saturated heterocycles. The van der Waals surface area contributed by atoms with E-state index in [-0.39, 0.29) is 55.9 Å². The van der Waals surface area contributed by atoms with Crippen molar-refractivity contribution in [2.75, 3.05) is 50.9 Å². The summed E-state index contributed by atoms with van der Waals surface area (Å²) >= 11 is 0.698. The fourth-order valence-electron chi connectivity index (χ4n) is 7.17. The number of thiophene rings is 1. The minimum absolute atomic E-state index is 0.00523. The number of hydrogen-bond donors (Lipinski definition) is 2. The van der Waals surface area contributed by atoms with E-state index in [0.29, 0.717) is 35.4 Å². The van der Waals surface area contributed by atoms with Gasteiger partial charge in [0.15, 0.2) is 11.5 Å². The number of nitrogen functional groups attached to an aromatic ring is 1. The smallest absolute Gasteiger partial charge is 0.417 e. The number of nitrogens with two attached hydrogens (primary N) is 1. The summed E-state index contributed by atoms with van der Waals surface area (Å²) in [5.74, 6) is -1.48. The second kappa shape index (κ2) is 16.3. The zero-order valence-corrected chi connectivity index (χ0v) is 31.0. The van der Waals surface area contributed by atoms with Crippen LogP contribution in [0.2, 0.25) is 0 Å². The van der Waals surface area contributed by atoms with Gasteiger partial charge in [-0.15, -0.1) is 11.3 Å². The van der Waals surface area contributed by atoms with Gasteiger partial charge < -0.3 is 25.2 Å². The van der Waals surface area contributed by atoms with Gasteiger partial charge in [-0.3, -0.25) is 9.69 Å². The van der Waals surface area contributed by atoms with Crippen molar-refractivity contribution in [3.05, 3.63) is 58.5 Å². The van der Waals surface area contributed by atoms with Gasteiger partial charge in [0.05, 0.1) is 22.9 Å². The molecule has 3 aliphatic rings. The first-order valence-electron chi connectivity index (χ1n) is 17.7. The number of hydrogen-bond acceptors (Lipinski definition) is 11. The molecule has 0 saturated carbocycles. The lowest BCUT2D eigenvalue weighted by molar-refractivity contribution is -0.137. The Labute approximate surface area is 316 Å². The molecule has 18 heteroatoms. The van der Waals surface area contributed by atoms with Crippen LogP contribution in [-0.4, -0.2) is 82.9 Å². The number of fused-ring (bicyclic) bond motifs is 3. The lowest BCUT2D eigenvalue weighted by Gasteiger charge is -2.18. The van der Waals surface area contributed by atoms with E-state index in [1.54, 1.807) is 26.0 Å². The number of nitrogens with one attached hydrogen (secondary N) is 1. The summed E-state index contributed by atoms with van der Waals surface area (Å²) in [6.45, 7) is 7.33. The number of nitrogens with zero attached hydrogens (tertiary/aromatic N) is 6. The summed E-state index contributed by atoms with van der Waals surface area (Å²) in [5, 5.41) is 15.5. The third kappa shape index (κ3) is 8.13. The van der Waals surface area contributed by atoms with Gasteiger partial charge in [0.2, 0.25) is 0 Å². The van der Waals surface area contributed by atoms with E-state index < -0.39 is 40.6 Å². The highest BCUT2D eigenvalue weighted by atomic mass is 32.1. The molecule has 2 atom stereocenters. The van der Waals surface area contributed by atoms with E-state index in [9.17, 15) is 32.0 Å². The number of carbonyl (C=O) groups is 1. The van der Waals surface area contributed by atoms with Crippen molar-refractivity contribution in [1.29, 1.82) is 5.26 Å². The third-order valence-electron chi connectivity index (χ3n) is 9.64. The highest BCUT2D eigenvalue weighted by Crippen LogP contribution is 2.47. The number of alkyl halides is 4. The van der Waals surface area contributed by atoms with E-state index in [2.05, 4.69) is 25.3 Å². The van der Waals surface area contributed by atoms with Gasteiger partial charge in [0, 0.05) is 54.6 Å². The molecule has 3 aromatic heterocycles. The quantitative estimate of drug-likeness (QED) is 0.168. The average molecular weight is 789 g/mol. The number of nitriles is 1. The summed E-state index contributed by atoms with van der Waals surface area (Å²) in [6, 6.07) is 6.43. The number of halogens is 6. The molecule has 6 heterocycles. The van der Waals surface area contributed by atoms with Crippen LogP contribution in [0.3, 0.4) is 0 Å². The van der Waals surface area contributed by atoms with Crippen molar-refractivity contribution in [2.24, 2.45) is 0 Å². The van der Waals surface area contributed by atoms with Gasteiger partial charge in [-0.25, -0.2) is 13.2 Å². The Morgan fingerprint density at radius 3 is 2.53 bits per heavy atom. The van der Waals surface area contributed by atoms with E-state index in [4.69, 9.17) is 15.0 Å². The maximum absolute atomic E-state index is 15.9. The van der Waals surface area contributed by atoms with Crippen molar-refractivity contribution in [3.8, 4) is 23.2 Å². The van der Waals surface area contributed by atoms with Crippen molar-refractivity contribution in [3.63, 3.8) is 0 Å². The Kier molecular flexibility index (Phi) is 11.7. The molecule has 8 rings (SSSR count). The van der Waals surface area contributed by atoms with Gasteiger partial charge >= 0.3 is 12.2 Å². The Morgan fingerprint density at radius 1 is 1.16 bits per heavy atom. The van der Waals surface area contributed by atoms with E-state index in [0.717, 1.165) is 57.1 Å². The second-order valence-electron chi connectivity index (χ2n) is 13.3. The first-order chi connectivity index (χ1) is 26.2. The van der Waals surface area contributed by atoms with Crippen LogP contribution >= 0.6 is 11.3 Å². The number of benzene rings is 2. The first-order valence-corrected chi connectivity index (χ1v) is 18.5. The van der Waals surface area contributed by atoms with E-state index in [1.807, 2.05) is 4.90 Å². The molecule has 55 heavy (non-hydrogen) atoms. The van der Waals surface area contributed by atoms with Gasteiger partial charge in [-0.2, -0.15) is 28.4 Å². The van der Waals surface area contributed by atoms with Crippen molar-refractivity contribution < 1.29 is 40.4 Å². The molecule has 3 N–H and O–H groups in total. The topological polar surface area (TPSA) is 146 Å². The number of anilines is 2. The molecular weight excluding hydrogens is 751 g/mol. The van der Waals surface area contributed by atoms with Gasteiger partial charge in [-0.1, -0.05) is 11.2 Å². The van der Waals surface area contributed by atoms with Crippen LogP contribution < -0.4 is 15.8 Å². The number of rotatable bonds is 5. The summed E-state index contributed by atoms with van der Waals surface area (Å²) in [7, 11) is 1.23. The normalized spacial score (nSPS) is 18.1. The molecule has 11 nitrogen and oxygen atoms in total. The molecule has 292 valence electrons. The number of aromatic nitrogens is 3. The number of likely N-dealkylation sites (tertiary alicyclic amines) is 1. The molecule has 0 aliphatic carbocycles. The van der Waals surface area contributed by atoms with Crippen LogP contribution in [0.15, 0.2) is 28.8 Å². The van der Waals surface area contributed by atoms with Gasteiger partial charge in [0.1, 0.15) is 40.2 Å². The third-order valence-corrected chi connectivity index (χ3v) is 10.7. The van der Waals surface area contributed by atoms with Crippen LogP contribution in [0.4, 0.5) is 37.2 Å². The highest BCUT2D eigenvalue weighted by molar-refractivity contribution is 7.23. The van der Waals surface area contributed by atoms with Crippen LogP contribution in [0.1, 0.15) is 66.4 Å². The van der Waals surface area contributed by atoms with Gasteiger partial charge in [-0.05, 0) is 70.2 Å². The zero-order valence-electron chi connectivity index (χ0n) is 30.2. The molecule has 0 spiro atoms. The van der Waals surface area contributed by atoms with E-state index >= 15 is 4.39 Å². The fourth-order valence-corrected chi connectivity index (χ4v) is 8.12. The maximum Gasteiger partial charge on any atom is 0.417 e. The first kappa shape index (κ1) is 39.5. The monoisotopic (exact) mass is 788 g/mol. The van der Waals surface area contributed by atoms with Crippen molar-refractivity contribution in [1.82, 2.24) is 24.9 Å². The number of carbonyl (C=O) groups excluding carboxylic acids is 1. The largest absolute Gasteiger partial charge is 0.467 e. The molecule has 5 aromatic rings. The molecule has 3 aliphatic heterocycles. The Hall–Kier alpha value is -5.15. The number of methoxy groups -OCH3 is 1. The molecular formula is C37H38F6N8O3S. The predicted molar refractivity (Wildman–Crippen MR) is 196 cm³/mol. The number of amides is 1. The van der Waals surface area contributed by atoms with Crippen molar-refractivity contribution in [2.45, 2.75) is 64.3 Å². The Morgan fingerprint density at radius 2 is 1.91 bits per heavy atom. The second-order valence-corrected chi connectivity index (χ2v) is 14.3. The molecule has 2 unspecified atom stereocenters. The summed E-state index contributed by atoms with van der Waals surface area (Å²) in [5.41, 5.74) is 3.02. The SMILES string of the molecule is CCNc1nc(OC)nc2c(F)c(-c3ccc(F)c4sc(N)c(C#N)c34)c(C(F)(F)F)cc12.Cc1cc(C(=O)N2CCCC2)no1.FC1CC2CCCN2C1. The van der Waals surface area contributed by atoms with Gasteiger partial charge in [0.25, 0.3) is 5.91 Å². The fraction of sp³-hybridized carbons (Fsp3) is 0.432. The summed E-state index contributed by atoms with van der Waals surface area (Å²) in [4.78, 5) is 23.7. The Bertz CT molecular complexity index is 2240. The minimum atomic E-state index is -5.00. The Balaban J connectivity index is 0.000000187. The number of ether oxygens (including phenoxy) is 1. The summed E-state index contributed by atoms with van der Waals surface area (Å²) < 4.78 is 95.0. The van der Waals surface area contributed by atoms with Crippen LogP contribution in [0.5, 0.6) is 6.01 Å². The van der Waals surface area contributed by atoms with E-state index in [1.165, 1.54) is 20.0 Å². The highest BCUT2D eigenvalue weighted by Gasteiger charge is 2.38. The number of aryl methyl sites for hydroxylation is 1. The van der Waals surface area contributed by atoms with Crippen LogP contribution in [0, 0.1) is 29.9 Å². The molecule has 2 aromatic carbocycles. The molecule has 1 amide bonds. The van der Waals surface area contributed by atoms with Crippen LogP contribution in [0.25, 0.3) is 32.1 Å². The lowest BCUT2D eigenvalue weighted by atomic mass is 9.92. The van der Waals surface area contributed by atoms with Crippen LogP contribution in [-0.2, 0) is 6.18 Å². The lowest BCUT2D eigenvalue weighted by Crippen LogP contribution is -2.27. The summed E-state index contributed by atoms with van der Waals surface area (Å²) in [6.07, 6.45) is 0.0153. The molecule has 3 fully saturated rings. The average Bonchev–Trinajstić information content (AvgIpc) is 3.99. The van der Waals surface area contributed by atoms with Crippen molar-refractivity contribution >= 4 is 49.1 Å². The molecule has 0 bridgehead atoms. The predicted octanol–water partition coefficient (Wildman–Crippen LogP) is 8.11.